The molecule has 0 aliphatic rings. The summed E-state index contributed by atoms with van der Waals surface area (Å²) in [5.74, 6) is -2.09. The molecule has 3 rings (SSSR count). The van der Waals surface area contributed by atoms with Crippen LogP contribution in [0.15, 0.2) is 76.2 Å². The Morgan fingerprint density at radius 3 is 2.35 bits per heavy atom. The summed E-state index contributed by atoms with van der Waals surface area (Å²) < 4.78 is 35.5. The molecule has 0 bridgehead atoms. The number of amides is 1. The third-order valence-electron chi connectivity index (χ3n) is 4.66. The Hall–Kier alpha value is -3.39. The molecule has 1 N–H and O–H groups in total. The minimum Gasteiger partial charge on any atom is -0.457 e. The van der Waals surface area contributed by atoms with E-state index in [1.165, 1.54) is 31.4 Å². The standard InChI is InChI=1S/C23H23NO6S/c1-3-17-9-11-19(12-10-17)24-22(25)16(2)30-23(26)21-18(13-14-29-21)15-31(27,28)20-7-5-4-6-8-20/h4-14,16H,3,15H2,1-2H3,(H,24,25). The zero-order valence-corrected chi connectivity index (χ0v) is 18.0. The van der Waals surface area contributed by atoms with Crippen molar-refractivity contribution in [3.05, 3.63) is 83.8 Å². The molecule has 7 nitrogen and oxygen atoms in total. The monoisotopic (exact) mass is 441 g/mol. The molecule has 8 heteroatoms. The number of furan rings is 1. The van der Waals surface area contributed by atoms with Gasteiger partial charge in [0.1, 0.15) is 0 Å². The van der Waals surface area contributed by atoms with Crippen LogP contribution in [0, 0.1) is 0 Å². The van der Waals surface area contributed by atoms with Gasteiger partial charge in [0.05, 0.1) is 16.9 Å². The lowest BCUT2D eigenvalue weighted by atomic mass is 10.1. The number of hydrogen-bond acceptors (Lipinski definition) is 6. The van der Waals surface area contributed by atoms with Crippen LogP contribution < -0.4 is 5.32 Å². The van der Waals surface area contributed by atoms with Crippen molar-refractivity contribution < 1.29 is 27.2 Å². The average Bonchev–Trinajstić information content (AvgIpc) is 3.22. The number of esters is 1. The van der Waals surface area contributed by atoms with Crippen LogP contribution in [0.3, 0.4) is 0 Å². The molecule has 162 valence electrons. The van der Waals surface area contributed by atoms with Gasteiger partial charge in [0, 0.05) is 11.3 Å². The van der Waals surface area contributed by atoms with Gasteiger partial charge in [-0.15, -0.1) is 0 Å². The molecule has 2 aromatic carbocycles. The van der Waals surface area contributed by atoms with Crippen LogP contribution in [-0.4, -0.2) is 26.4 Å². The van der Waals surface area contributed by atoms with Crippen LogP contribution >= 0.6 is 0 Å². The first-order valence-corrected chi connectivity index (χ1v) is 11.4. The Balaban J connectivity index is 1.65. The maximum Gasteiger partial charge on any atom is 0.375 e. The molecule has 0 saturated heterocycles. The van der Waals surface area contributed by atoms with Gasteiger partial charge in [-0.05, 0) is 49.2 Å². The number of benzene rings is 2. The summed E-state index contributed by atoms with van der Waals surface area (Å²) in [5.41, 5.74) is 1.88. The highest BCUT2D eigenvalue weighted by atomic mass is 32.2. The van der Waals surface area contributed by atoms with Crippen molar-refractivity contribution in [2.75, 3.05) is 5.32 Å². The number of aryl methyl sites for hydroxylation is 1. The summed E-state index contributed by atoms with van der Waals surface area (Å²) in [6.45, 7) is 3.46. The summed E-state index contributed by atoms with van der Waals surface area (Å²) in [6.07, 6.45) is 0.988. The molecule has 3 aromatic rings. The fourth-order valence-electron chi connectivity index (χ4n) is 2.88. The average molecular weight is 442 g/mol. The van der Waals surface area contributed by atoms with Gasteiger partial charge in [-0.3, -0.25) is 4.79 Å². The third kappa shape index (κ3) is 5.61. The smallest absolute Gasteiger partial charge is 0.375 e. The highest BCUT2D eigenvalue weighted by Gasteiger charge is 2.26. The SMILES string of the molecule is CCc1ccc(NC(=O)C(C)OC(=O)c2occc2CS(=O)(=O)c2ccccc2)cc1. The number of anilines is 1. The molecule has 1 unspecified atom stereocenters. The molecule has 1 aromatic heterocycles. The number of carbonyl (C=O) groups excluding carboxylic acids is 2. The van der Waals surface area contributed by atoms with Crippen molar-refractivity contribution in [1.82, 2.24) is 0 Å². The quantitative estimate of drug-likeness (QED) is 0.530. The third-order valence-corrected chi connectivity index (χ3v) is 6.34. The van der Waals surface area contributed by atoms with E-state index in [4.69, 9.17) is 9.15 Å². The number of hydrogen-bond donors (Lipinski definition) is 1. The van der Waals surface area contributed by atoms with Gasteiger partial charge in [-0.2, -0.15) is 0 Å². The largest absolute Gasteiger partial charge is 0.457 e. The minimum atomic E-state index is -3.68. The molecule has 1 amide bonds. The van der Waals surface area contributed by atoms with Crippen LogP contribution in [0.25, 0.3) is 0 Å². The van der Waals surface area contributed by atoms with E-state index in [1.54, 1.807) is 30.3 Å². The van der Waals surface area contributed by atoms with Crippen molar-refractivity contribution in [3.8, 4) is 0 Å². The van der Waals surface area contributed by atoms with Crippen molar-refractivity contribution in [2.24, 2.45) is 0 Å². The first kappa shape index (κ1) is 22.3. The van der Waals surface area contributed by atoms with Gasteiger partial charge < -0.3 is 14.5 Å². The number of carbonyl (C=O) groups is 2. The van der Waals surface area contributed by atoms with Crippen molar-refractivity contribution in [1.29, 1.82) is 0 Å². The molecule has 0 aliphatic carbocycles. The van der Waals surface area contributed by atoms with Crippen LogP contribution in [0.1, 0.15) is 35.5 Å². The summed E-state index contributed by atoms with van der Waals surface area (Å²) in [6, 6.07) is 16.6. The van der Waals surface area contributed by atoms with Crippen molar-refractivity contribution in [3.63, 3.8) is 0 Å². The van der Waals surface area contributed by atoms with Gasteiger partial charge in [0.2, 0.25) is 5.76 Å². The summed E-state index contributed by atoms with van der Waals surface area (Å²) >= 11 is 0. The Morgan fingerprint density at radius 2 is 1.71 bits per heavy atom. The second-order valence-corrected chi connectivity index (χ2v) is 8.92. The molecule has 0 radical (unpaired) electrons. The Morgan fingerprint density at radius 1 is 1.03 bits per heavy atom. The van der Waals surface area contributed by atoms with Crippen molar-refractivity contribution >= 4 is 27.4 Å². The Bertz CT molecular complexity index is 1150. The molecule has 0 aliphatic heterocycles. The van der Waals surface area contributed by atoms with Gasteiger partial charge >= 0.3 is 5.97 Å². The number of rotatable bonds is 8. The topological polar surface area (TPSA) is 103 Å². The molecule has 0 saturated carbocycles. The van der Waals surface area contributed by atoms with E-state index in [1.807, 2.05) is 19.1 Å². The highest BCUT2D eigenvalue weighted by molar-refractivity contribution is 7.90. The molecule has 1 heterocycles. The van der Waals surface area contributed by atoms with Crippen LogP contribution in [0.2, 0.25) is 0 Å². The zero-order chi connectivity index (χ0) is 22.4. The van der Waals surface area contributed by atoms with Crippen LogP contribution in [-0.2, 0) is 31.5 Å². The van der Waals surface area contributed by atoms with Gasteiger partial charge in [0.25, 0.3) is 5.91 Å². The Kier molecular flexibility index (Phi) is 6.91. The number of sulfone groups is 1. The second kappa shape index (κ2) is 9.61. The van der Waals surface area contributed by atoms with Gasteiger partial charge in [0.15, 0.2) is 15.9 Å². The predicted octanol–water partition coefficient (Wildman–Crippen LogP) is 4.00. The lowest BCUT2D eigenvalue weighted by molar-refractivity contribution is -0.123. The normalized spacial score (nSPS) is 12.2. The fourth-order valence-corrected chi connectivity index (χ4v) is 4.25. The maximum absolute atomic E-state index is 12.6. The van der Waals surface area contributed by atoms with Crippen molar-refractivity contribution in [2.45, 2.75) is 37.0 Å². The van der Waals surface area contributed by atoms with Crippen LogP contribution in [0.4, 0.5) is 5.69 Å². The molecule has 0 fully saturated rings. The maximum atomic E-state index is 12.6. The van der Waals surface area contributed by atoms with E-state index in [0.29, 0.717) is 5.69 Å². The summed E-state index contributed by atoms with van der Waals surface area (Å²) in [7, 11) is -3.68. The lowest BCUT2D eigenvalue weighted by Gasteiger charge is -2.13. The predicted molar refractivity (Wildman–Crippen MR) is 115 cm³/mol. The minimum absolute atomic E-state index is 0.136. The van der Waals surface area contributed by atoms with E-state index in [0.717, 1.165) is 12.0 Å². The molecule has 1 atom stereocenters. The second-order valence-electron chi connectivity index (χ2n) is 6.93. The first-order valence-electron chi connectivity index (χ1n) is 9.75. The van der Waals surface area contributed by atoms with E-state index in [2.05, 4.69) is 5.32 Å². The number of ether oxygens (including phenoxy) is 1. The molecular formula is C23H23NO6S. The van der Waals surface area contributed by atoms with Gasteiger partial charge in [-0.1, -0.05) is 37.3 Å². The number of nitrogens with one attached hydrogen (secondary N) is 1. The van der Waals surface area contributed by atoms with E-state index < -0.39 is 33.6 Å². The zero-order valence-electron chi connectivity index (χ0n) is 17.2. The van der Waals surface area contributed by atoms with E-state index >= 15 is 0 Å². The summed E-state index contributed by atoms with van der Waals surface area (Å²) in [4.78, 5) is 25.0. The Labute approximate surface area is 181 Å². The summed E-state index contributed by atoms with van der Waals surface area (Å²) in [5, 5.41) is 2.68. The molecule has 31 heavy (non-hydrogen) atoms. The van der Waals surface area contributed by atoms with E-state index in [9.17, 15) is 18.0 Å². The highest BCUT2D eigenvalue weighted by Crippen LogP contribution is 2.21. The van der Waals surface area contributed by atoms with Gasteiger partial charge in [-0.25, -0.2) is 13.2 Å². The van der Waals surface area contributed by atoms with Crippen LogP contribution in [0.5, 0.6) is 0 Å². The first-order chi connectivity index (χ1) is 14.8. The molecule has 0 spiro atoms. The lowest BCUT2D eigenvalue weighted by Crippen LogP contribution is -2.30. The fraction of sp³-hybridized carbons (Fsp3) is 0.217. The molecular weight excluding hydrogens is 418 g/mol. The van der Waals surface area contributed by atoms with E-state index in [-0.39, 0.29) is 16.2 Å².